The fourth-order valence-electron chi connectivity index (χ4n) is 3.48. The molecule has 26 heavy (non-hydrogen) atoms. The molecule has 2 fully saturated rings. The number of amides is 1. The van der Waals surface area contributed by atoms with Gasteiger partial charge in [0.15, 0.2) is 0 Å². The zero-order valence-corrected chi connectivity index (χ0v) is 14.2. The topological polar surface area (TPSA) is 119 Å². The van der Waals surface area contributed by atoms with E-state index in [-0.39, 0.29) is 23.2 Å². The zero-order chi connectivity index (χ0) is 18.7. The van der Waals surface area contributed by atoms with E-state index < -0.39 is 9.85 Å². The lowest BCUT2D eigenvalue weighted by molar-refractivity contribution is -0.393. The van der Waals surface area contributed by atoms with Gasteiger partial charge in [0.1, 0.15) is 5.69 Å². The third-order valence-corrected chi connectivity index (χ3v) is 4.80. The molecule has 1 aromatic rings. The first-order valence-corrected chi connectivity index (χ1v) is 8.51. The van der Waals surface area contributed by atoms with Crippen molar-refractivity contribution in [3.05, 3.63) is 38.4 Å². The summed E-state index contributed by atoms with van der Waals surface area (Å²) in [6.45, 7) is 3.12. The highest BCUT2D eigenvalue weighted by atomic mass is 16.6. The van der Waals surface area contributed by atoms with E-state index in [4.69, 9.17) is 4.74 Å². The second-order valence-electron chi connectivity index (χ2n) is 6.41. The van der Waals surface area contributed by atoms with Crippen LogP contribution in [0, 0.1) is 26.1 Å². The van der Waals surface area contributed by atoms with E-state index in [0.717, 1.165) is 18.9 Å². The molecule has 2 saturated heterocycles. The molecule has 2 aliphatic rings. The van der Waals surface area contributed by atoms with Crippen LogP contribution in [-0.4, -0.2) is 60.0 Å². The van der Waals surface area contributed by atoms with Gasteiger partial charge in [-0.25, -0.2) is 0 Å². The molecule has 10 nitrogen and oxygen atoms in total. The van der Waals surface area contributed by atoms with Crippen LogP contribution in [0.15, 0.2) is 18.2 Å². The number of nitro benzene ring substituents is 2. The van der Waals surface area contributed by atoms with Crippen LogP contribution in [0.2, 0.25) is 0 Å². The van der Waals surface area contributed by atoms with Gasteiger partial charge in [-0.3, -0.25) is 25.0 Å². The van der Waals surface area contributed by atoms with Gasteiger partial charge in [0.2, 0.25) is 5.91 Å². The predicted molar refractivity (Wildman–Crippen MR) is 92.1 cm³/mol. The van der Waals surface area contributed by atoms with E-state index in [1.807, 2.05) is 0 Å². The quantitative estimate of drug-likeness (QED) is 0.587. The Kier molecular flexibility index (Phi) is 5.31. The molecule has 0 aliphatic carbocycles. The number of ether oxygens (including phenoxy) is 1. The summed E-state index contributed by atoms with van der Waals surface area (Å²) in [4.78, 5) is 37.3. The molecule has 1 unspecified atom stereocenters. The molecule has 1 atom stereocenters. The molecule has 140 valence electrons. The van der Waals surface area contributed by atoms with Crippen LogP contribution in [0.3, 0.4) is 0 Å². The van der Waals surface area contributed by atoms with Crippen LogP contribution >= 0.6 is 0 Å². The number of nitro groups is 2. The lowest BCUT2D eigenvalue weighted by Crippen LogP contribution is -2.48. The summed E-state index contributed by atoms with van der Waals surface area (Å²) in [6.07, 6.45) is 1.46. The van der Waals surface area contributed by atoms with Crippen molar-refractivity contribution in [1.29, 1.82) is 0 Å². The molecule has 3 rings (SSSR count). The minimum Gasteiger partial charge on any atom is -0.378 e. The standard InChI is InChI=1S/C16H20N4O6/c21-16(17-6-8-26-9-7-17)12-2-1-5-18(11-12)14-4-3-13(19(22)23)10-15(14)20(24)25/h3-4,10,12H,1-2,5-9,11H2. The third kappa shape index (κ3) is 3.74. The summed E-state index contributed by atoms with van der Waals surface area (Å²) >= 11 is 0. The van der Waals surface area contributed by atoms with Crippen LogP contribution in [0.25, 0.3) is 0 Å². The summed E-state index contributed by atoms with van der Waals surface area (Å²) in [5.74, 6) is -0.195. The lowest BCUT2D eigenvalue weighted by atomic mass is 9.95. The van der Waals surface area contributed by atoms with Gasteiger partial charge in [0, 0.05) is 32.2 Å². The van der Waals surface area contributed by atoms with Gasteiger partial charge in [-0.05, 0) is 18.9 Å². The number of benzene rings is 1. The first-order chi connectivity index (χ1) is 12.5. The Bertz CT molecular complexity index is 719. The van der Waals surface area contributed by atoms with Crippen molar-refractivity contribution in [2.24, 2.45) is 5.92 Å². The molecule has 2 heterocycles. The van der Waals surface area contributed by atoms with E-state index in [1.54, 1.807) is 9.80 Å². The van der Waals surface area contributed by atoms with E-state index in [2.05, 4.69) is 0 Å². The van der Waals surface area contributed by atoms with E-state index >= 15 is 0 Å². The number of nitrogens with zero attached hydrogens (tertiary/aromatic N) is 4. The SMILES string of the molecule is O=C(C1CCCN(c2ccc([N+](=O)[O-])cc2[N+](=O)[O-])C1)N1CCOCC1. The molecule has 0 radical (unpaired) electrons. The van der Waals surface area contributed by atoms with Crippen LogP contribution in [-0.2, 0) is 9.53 Å². The Morgan fingerprint density at radius 3 is 2.50 bits per heavy atom. The Morgan fingerprint density at radius 2 is 1.85 bits per heavy atom. The summed E-state index contributed by atoms with van der Waals surface area (Å²) in [7, 11) is 0. The van der Waals surface area contributed by atoms with Crippen LogP contribution in [0.4, 0.5) is 17.1 Å². The number of piperidine rings is 1. The predicted octanol–water partition coefficient (Wildman–Crippen LogP) is 1.58. The van der Waals surface area contributed by atoms with Gasteiger partial charge >= 0.3 is 0 Å². The van der Waals surface area contributed by atoms with Crippen LogP contribution in [0.1, 0.15) is 12.8 Å². The van der Waals surface area contributed by atoms with Crippen LogP contribution < -0.4 is 4.90 Å². The molecule has 0 aromatic heterocycles. The van der Waals surface area contributed by atoms with Crippen molar-refractivity contribution in [3.8, 4) is 0 Å². The minimum atomic E-state index is -0.655. The summed E-state index contributed by atoms with van der Waals surface area (Å²) in [5.41, 5.74) is -0.308. The Labute approximate surface area is 149 Å². The van der Waals surface area contributed by atoms with E-state index in [1.165, 1.54) is 12.1 Å². The average Bonchev–Trinajstić information content (AvgIpc) is 2.67. The van der Waals surface area contributed by atoms with Gasteiger partial charge in [-0.2, -0.15) is 0 Å². The summed E-state index contributed by atoms with van der Waals surface area (Å²) < 4.78 is 5.27. The average molecular weight is 364 g/mol. The van der Waals surface area contributed by atoms with Crippen molar-refractivity contribution in [2.75, 3.05) is 44.3 Å². The van der Waals surface area contributed by atoms with Gasteiger partial charge in [-0.1, -0.05) is 0 Å². The Morgan fingerprint density at radius 1 is 1.12 bits per heavy atom. The van der Waals surface area contributed by atoms with Crippen molar-refractivity contribution < 1.29 is 19.4 Å². The molecule has 0 N–H and O–H groups in total. The maximum atomic E-state index is 12.7. The highest BCUT2D eigenvalue weighted by Gasteiger charge is 2.33. The highest BCUT2D eigenvalue weighted by Crippen LogP contribution is 2.34. The molecular formula is C16H20N4O6. The summed E-state index contributed by atoms with van der Waals surface area (Å²) in [5, 5.41) is 22.3. The van der Waals surface area contributed by atoms with Gasteiger partial charge in [0.25, 0.3) is 11.4 Å². The second-order valence-corrected chi connectivity index (χ2v) is 6.41. The largest absolute Gasteiger partial charge is 0.378 e. The first-order valence-electron chi connectivity index (χ1n) is 8.51. The fraction of sp³-hybridized carbons (Fsp3) is 0.562. The third-order valence-electron chi connectivity index (χ3n) is 4.80. The van der Waals surface area contributed by atoms with Crippen molar-refractivity contribution in [3.63, 3.8) is 0 Å². The van der Waals surface area contributed by atoms with Gasteiger partial charge in [-0.15, -0.1) is 0 Å². The number of rotatable bonds is 4. The highest BCUT2D eigenvalue weighted by molar-refractivity contribution is 5.80. The maximum Gasteiger partial charge on any atom is 0.299 e. The molecular weight excluding hydrogens is 344 g/mol. The monoisotopic (exact) mass is 364 g/mol. The van der Waals surface area contributed by atoms with Gasteiger partial charge in [0.05, 0.1) is 35.0 Å². The van der Waals surface area contributed by atoms with E-state index in [0.29, 0.717) is 45.1 Å². The number of hydrogen-bond acceptors (Lipinski definition) is 7. The number of morpholine rings is 1. The lowest BCUT2D eigenvalue weighted by Gasteiger charge is -2.37. The maximum absolute atomic E-state index is 12.7. The zero-order valence-electron chi connectivity index (χ0n) is 14.2. The van der Waals surface area contributed by atoms with E-state index in [9.17, 15) is 25.0 Å². The molecule has 0 saturated carbocycles. The second kappa shape index (κ2) is 7.65. The fourth-order valence-corrected chi connectivity index (χ4v) is 3.48. The van der Waals surface area contributed by atoms with Crippen LogP contribution in [0.5, 0.6) is 0 Å². The molecule has 0 bridgehead atoms. The number of anilines is 1. The van der Waals surface area contributed by atoms with Crippen molar-refractivity contribution in [2.45, 2.75) is 12.8 Å². The normalized spacial score (nSPS) is 20.7. The first kappa shape index (κ1) is 18.1. The number of carbonyl (C=O) groups is 1. The Hall–Kier alpha value is -2.75. The molecule has 0 spiro atoms. The molecule has 1 amide bonds. The van der Waals surface area contributed by atoms with Crippen molar-refractivity contribution in [1.82, 2.24) is 4.90 Å². The molecule has 10 heteroatoms. The summed E-state index contributed by atoms with van der Waals surface area (Å²) in [6, 6.07) is 3.64. The van der Waals surface area contributed by atoms with Gasteiger partial charge < -0.3 is 14.5 Å². The molecule has 2 aliphatic heterocycles. The number of carbonyl (C=O) groups excluding carboxylic acids is 1. The smallest absolute Gasteiger partial charge is 0.299 e. The minimum absolute atomic E-state index is 0.0440. The van der Waals surface area contributed by atoms with Crippen molar-refractivity contribution >= 4 is 23.0 Å². The molecule has 1 aromatic carbocycles. The Balaban J connectivity index is 1.79. The number of non-ortho nitro benzene ring substituents is 1. The number of hydrogen-bond donors (Lipinski definition) is 0.